The summed E-state index contributed by atoms with van der Waals surface area (Å²) in [7, 11) is 0. The molecule has 4 aromatic heterocycles. The van der Waals surface area contributed by atoms with E-state index in [1.54, 1.807) is 0 Å². The van der Waals surface area contributed by atoms with Gasteiger partial charge in [-0.3, -0.25) is 9.55 Å². The van der Waals surface area contributed by atoms with Crippen molar-refractivity contribution >= 4 is 32.8 Å². The van der Waals surface area contributed by atoms with Gasteiger partial charge in [0.2, 0.25) is 0 Å². The number of benzene rings is 3. The minimum absolute atomic E-state index is 0.936. The Morgan fingerprint density at radius 1 is 0.618 bits per heavy atom. The third-order valence-electron chi connectivity index (χ3n) is 6.40. The Morgan fingerprint density at radius 3 is 2.32 bits per heavy atom. The number of hydrogen-bond donors (Lipinski definition) is 1. The summed E-state index contributed by atoms with van der Waals surface area (Å²) in [5, 5.41) is 3.51. The smallest absolute Gasteiger partial charge is 0.147 e. The van der Waals surface area contributed by atoms with Crippen molar-refractivity contribution in [2.75, 3.05) is 0 Å². The number of nitrogens with zero attached hydrogens (tertiary/aromatic N) is 3. The summed E-state index contributed by atoms with van der Waals surface area (Å²) in [6.45, 7) is 0. The summed E-state index contributed by atoms with van der Waals surface area (Å²) in [6, 6.07) is 37.7. The Kier molecular flexibility index (Phi) is 4.11. The Balaban J connectivity index is 1.46. The summed E-state index contributed by atoms with van der Waals surface area (Å²) < 4.78 is 2.23. The number of aromatic amines is 1. The maximum atomic E-state index is 5.19. The van der Waals surface area contributed by atoms with E-state index < -0.39 is 0 Å². The molecule has 0 spiro atoms. The SMILES string of the molecule is c1ccc(-c2cccc(-c3ccc4c5ccccc5n(-c5cc6ccccc6[nH]5)c4n3)c2)nc1. The molecule has 4 heterocycles. The predicted molar refractivity (Wildman–Crippen MR) is 139 cm³/mol. The van der Waals surface area contributed by atoms with Crippen LogP contribution in [0.1, 0.15) is 0 Å². The summed E-state index contributed by atoms with van der Waals surface area (Å²) in [6.07, 6.45) is 1.82. The van der Waals surface area contributed by atoms with Crippen molar-refractivity contribution in [2.24, 2.45) is 0 Å². The number of pyridine rings is 2. The van der Waals surface area contributed by atoms with Crippen molar-refractivity contribution in [3.63, 3.8) is 0 Å². The number of H-pyrrole nitrogens is 1. The van der Waals surface area contributed by atoms with Gasteiger partial charge < -0.3 is 4.98 Å². The average Bonchev–Trinajstić information content (AvgIpc) is 3.47. The molecule has 0 saturated carbocycles. The van der Waals surface area contributed by atoms with Gasteiger partial charge >= 0.3 is 0 Å². The molecular weight excluding hydrogens is 416 g/mol. The van der Waals surface area contributed by atoms with E-state index in [1.807, 2.05) is 24.4 Å². The molecule has 0 unspecified atom stereocenters. The second-order valence-corrected chi connectivity index (χ2v) is 8.46. The highest BCUT2D eigenvalue weighted by molar-refractivity contribution is 6.08. The van der Waals surface area contributed by atoms with Crippen LogP contribution in [0.2, 0.25) is 0 Å². The normalized spacial score (nSPS) is 11.5. The van der Waals surface area contributed by atoms with Gasteiger partial charge in [-0.2, -0.15) is 0 Å². The lowest BCUT2D eigenvalue weighted by molar-refractivity contribution is 1.09. The number of fused-ring (bicyclic) bond motifs is 4. The Morgan fingerprint density at radius 2 is 1.44 bits per heavy atom. The third-order valence-corrected chi connectivity index (χ3v) is 6.40. The van der Waals surface area contributed by atoms with Gasteiger partial charge in [0.15, 0.2) is 0 Å². The molecule has 160 valence electrons. The fourth-order valence-corrected chi connectivity index (χ4v) is 4.79. The van der Waals surface area contributed by atoms with Crippen LogP contribution >= 0.6 is 0 Å². The zero-order chi connectivity index (χ0) is 22.5. The molecule has 4 nitrogen and oxygen atoms in total. The fourth-order valence-electron chi connectivity index (χ4n) is 4.79. The largest absolute Gasteiger partial charge is 0.341 e. The molecule has 7 rings (SSSR count). The molecule has 0 aliphatic carbocycles. The fraction of sp³-hybridized carbons (Fsp3) is 0. The lowest BCUT2D eigenvalue weighted by atomic mass is 10.0. The molecule has 0 aliphatic heterocycles. The lowest BCUT2D eigenvalue weighted by Crippen LogP contribution is -1.96. The third kappa shape index (κ3) is 2.93. The molecule has 1 N–H and O–H groups in total. The summed E-state index contributed by atoms with van der Waals surface area (Å²) in [4.78, 5) is 13.3. The van der Waals surface area contributed by atoms with Crippen LogP contribution in [-0.4, -0.2) is 19.5 Å². The quantitative estimate of drug-likeness (QED) is 0.314. The van der Waals surface area contributed by atoms with Crippen molar-refractivity contribution in [1.29, 1.82) is 0 Å². The van der Waals surface area contributed by atoms with Gasteiger partial charge in [0.1, 0.15) is 11.5 Å². The average molecular weight is 437 g/mol. The van der Waals surface area contributed by atoms with Gasteiger partial charge in [-0.15, -0.1) is 0 Å². The van der Waals surface area contributed by atoms with Gasteiger partial charge in [0.25, 0.3) is 0 Å². The van der Waals surface area contributed by atoms with E-state index in [9.17, 15) is 0 Å². The van der Waals surface area contributed by atoms with Gasteiger partial charge in [-0.1, -0.05) is 60.7 Å². The molecule has 0 aliphatic rings. The highest BCUT2D eigenvalue weighted by atomic mass is 15.1. The van der Waals surface area contributed by atoms with E-state index >= 15 is 0 Å². The number of hydrogen-bond acceptors (Lipinski definition) is 2. The zero-order valence-corrected chi connectivity index (χ0v) is 18.3. The Labute approximate surface area is 196 Å². The van der Waals surface area contributed by atoms with Crippen molar-refractivity contribution in [3.05, 3.63) is 115 Å². The number of nitrogens with one attached hydrogen (secondary N) is 1. The van der Waals surface area contributed by atoms with Gasteiger partial charge in [-0.05, 0) is 48.5 Å². The summed E-state index contributed by atoms with van der Waals surface area (Å²) in [5.41, 5.74) is 7.23. The van der Waals surface area contributed by atoms with Crippen LogP contribution in [0, 0.1) is 0 Å². The van der Waals surface area contributed by atoms with Crippen LogP contribution in [0.5, 0.6) is 0 Å². The minimum Gasteiger partial charge on any atom is -0.341 e. The highest BCUT2D eigenvalue weighted by Crippen LogP contribution is 2.34. The Bertz CT molecular complexity index is 1780. The Hall–Kier alpha value is -4.70. The molecule has 0 radical (unpaired) electrons. The van der Waals surface area contributed by atoms with E-state index in [1.165, 1.54) is 10.8 Å². The minimum atomic E-state index is 0.936. The van der Waals surface area contributed by atoms with E-state index in [0.29, 0.717) is 0 Å². The molecule has 0 amide bonds. The first-order chi connectivity index (χ1) is 16.8. The van der Waals surface area contributed by atoms with E-state index in [-0.39, 0.29) is 0 Å². The molecule has 0 fully saturated rings. The second kappa shape index (κ2) is 7.42. The molecule has 4 heteroatoms. The zero-order valence-electron chi connectivity index (χ0n) is 18.3. The van der Waals surface area contributed by atoms with Crippen LogP contribution in [0.4, 0.5) is 0 Å². The van der Waals surface area contributed by atoms with Crippen molar-refractivity contribution < 1.29 is 0 Å². The maximum absolute atomic E-state index is 5.19. The monoisotopic (exact) mass is 436 g/mol. The molecule has 34 heavy (non-hydrogen) atoms. The van der Waals surface area contributed by atoms with Gasteiger partial charge in [-0.25, -0.2) is 4.98 Å². The van der Waals surface area contributed by atoms with Crippen LogP contribution in [0.25, 0.3) is 61.2 Å². The first-order valence-electron chi connectivity index (χ1n) is 11.4. The molecule has 0 bridgehead atoms. The maximum Gasteiger partial charge on any atom is 0.147 e. The standard InChI is InChI=1S/C30H20N4/c1-3-13-26-22(8-1)19-29(32-26)34-28-14-4-2-11-23(28)24-15-16-27(33-30(24)34)21-10-7-9-20(18-21)25-12-5-6-17-31-25/h1-19,32H. The lowest BCUT2D eigenvalue weighted by Gasteiger charge is -2.07. The van der Waals surface area contributed by atoms with Crippen LogP contribution in [-0.2, 0) is 0 Å². The summed E-state index contributed by atoms with van der Waals surface area (Å²) >= 11 is 0. The first-order valence-corrected chi connectivity index (χ1v) is 11.4. The van der Waals surface area contributed by atoms with E-state index in [0.717, 1.165) is 50.4 Å². The number of para-hydroxylation sites is 2. The molecule has 0 saturated heterocycles. The van der Waals surface area contributed by atoms with Crippen LogP contribution in [0.15, 0.2) is 115 Å². The van der Waals surface area contributed by atoms with Gasteiger partial charge in [0, 0.05) is 39.0 Å². The summed E-state index contributed by atoms with van der Waals surface area (Å²) in [5.74, 6) is 1.01. The van der Waals surface area contributed by atoms with Crippen LogP contribution < -0.4 is 0 Å². The van der Waals surface area contributed by atoms with Crippen LogP contribution in [0.3, 0.4) is 0 Å². The van der Waals surface area contributed by atoms with Gasteiger partial charge in [0.05, 0.1) is 16.9 Å². The van der Waals surface area contributed by atoms with Crippen molar-refractivity contribution in [2.45, 2.75) is 0 Å². The van der Waals surface area contributed by atoms with Crippen molar-refractivity contribution in [1.82, 2.24) is 19.5 Å². The molecule has 7 aromatic rings. The predicted octanol–water partition coefficient (Wildman–Crippen LogP) is 7.39. The number of aromatic nitrogens is 4. The molecule has 3 aromatic carbocycles. The molecular formula is C30H20N4. The van der Waals surface area contributed by atoms with E-state index in [2.05, 4.69) is 106 Å². The number of rotatable bonds is 3. The first kappa shape index (κ1) is 18.8. The van der Waals surface area contributed by atoms with E-state index in [4.69, 9.17) is 4.98 Å². The topological polar surface area (TPSA) is 46.5 Å². The van der Waals surface area contributed by atoms with Crippen molar-refractivity contribution in [3.8, 4) is 28.3 Å². The second-order valence-electron chi connectivity index (χ2n) is 8.46. The highest BCUT2D eigenvalue weighted by Gasteiger charge is 2.16. The molecule has 0 atom stereocenters.